The maximum absolute atomic E-state index is 12.5. The summed E-state index contributed by atoms with van der Waals surface area (Å²) in [5, 5.41) is 0.320. The lowest BCUT2D eigenvalue weighted by molar-refractivity contribution is -0.143. The summed E-state index contributed by atoms with van der Waals surface area (Å²) in [4.78, 5) is 14.5. The number of benzene rings is 1. The third-order valence-electron chi connectivity index (χ3n) is 3.79. The van der Waals surface area contributed by atoms with Gasteiger partial charge in [-0.1, -0.05) is 25.5 Å². The zero-order chi connectivity index (χ0) is 15.9. The molecule has 2 unspecified atom stereocenters. The third kappa shape index (κ3) is 4.40. The zero-order valence-electron chi connectivity index (χ0n) is 13.6. The predicted octanol–water partition coefficient (Wildman–Crippen LogP) is 3.30. The van der Waals surface area contributed by atoms with Crippen molar-refractivity contribution in [1.82, 2.24) is 4.90 Å². The van der Waals surface area contributed by atoms with Crippen molar-refractivity contribution in [2.45, 2.75) is 44.8 Å². The van der Waals surface area contributed by atoms with Gasteiger partial charge in [0.15, 0.2) is 0 Å². The molecule has 122 valence electrons. The normalized spacial score (nSPS) is 19.2. The quantitative estimate of drug-likeness (QED) is 0.772. The minimum absolute atomic E-state index is 0.103. The van der Waals surface area contributed by atoms with Crippen molar-refractivity contribution in [3.8, 4) is 5.75 Å². The first-order chi connectivity index (χ1) is 10.7. The van der Waals surface area contributed by atoms with Gasteiger partial charge in [-0.25, -0.2) is 0 Å². The fraction of sp³-hybridized carbons (Fsp3) is 0.588. The van der Waals surface area contributed by atoms with Crippen molar-refractivity contribution >= 4 is 17.7 Å². The van der Waals surface area contributed by atoms with Gasteiger partial charge in [0.25, 0.3) is 5.91 Å². The Balaban J connectivity index is 1.88. The molecule has 0 saturated carbocycles. The second-order valence-corrected chi connectivity index (χ2v) is 6.74. The summed E-state index contributed by atoms with van der Waals surface area (Å²) in [6, 6.07) is 7.74. The van der Waals surface area contributed by atoms with Gasteiger partial charge in [-0.3, -0.25) is 4.79 Å². The van der Waals surface area contributed by atoms with Crippen LogP contribution in [0.5, 0.6) is 5.75 Å². The van der Waals surface area contributed by atoms with Crippen molar-refractivity contribution in [3.63, 3.8) is 0 Å². The molecule has 1 aromatic carbocycles. The predicted molar refractivity (Wildman–Crippen MR) is 90.1 cm³/mol. The summed E-state index contributed by atoms with van der Waals surface area (Å²) < 4.78 is 11.0. The SMILES string of the molecule is CCCC1SCCN1C(=O)C(C)OCc1cccc(OC)c1. The summed E-state index contributed by atoms with van der Waals surface area (Å²) in [5.41, 5.74) is 1.01. The van der Waals surface area contributed by atoms with Gasteiger partial charge in [0.05, 0.1) is 19.1 Å². The van der Waals surface area contributed by atoms with Gasteiger partial charge in [-0.15, -0.1) is 11.8 Å². The number of methoxy groups -OCH3 is 1. The highest BCUT2D eigenvalue weighted by Gasteiger charge is 2.31. The lowest BCUT2D eigenvalue weighted by Crippen LogP contribution is -2.41. The number of carbonyl (C=O) groups is 1. The summed E-state index contributed by atoms with van der Waals surface area (Å²) in [6.45, 7) is 5.25. The minimum Gasteiger partial charge on any atom is -0.497 e. The van der Waals surface area contributed by atoms with Crippen LogP contribution in [0.25, 0.3) is 0 Å². The number of nitrogens with zero attached hydrogens (tertiary/aromatic N) is 1. The zero-order valence-corrected chi connectivity index (χ0v) is 14.4. The van der Waals surface area contributed by atoms with Gasteiger partial charge >= 0.3 is 0 Å². The summed E-state index contributed by atoms with van der Waals surface area (Å²) in [6.07, 6.45) is 1.74. The number of amides is 1. The standard InChI is InChI=1S/C17H25NO3S/c1-4-6-16-18(9-10-22-16)17(19)13(2)21-12-14-7-5-8-15(11-14)20-3/h5,7-8,11,13,16H,4,6,9-10,12H2,1-3H3. The lowest BCUT2D eigenvalue weighted by Gasteiger charge is -2.26. The van der Waals surface area contributed by atoms with Gasteiger partial charge in [0.1, 0.15) is 11.9 Å². The molecule has 1 aliphatic rings. The van der Waals surface area contributed by atoms with Crippen LogP contribution in [0.2, 0.25) is 0 Å². The Kier molecular flexibility index (Phi) is 6.58. The number of carbonyl (C=O) groups excluding carboxylic acids is 1. The Morgan fingerprint density at radius 2 is 2.32 bits per heavy atom. The Bertz CT molecular complexity index is 495. The Hall–Kier alpha value is -1.20. The molecule has 1 amide bonds. The average Bonchev–Trinajstić information content (AvgIpc) is 3.00. The molecule has 1 saturated heterocycles. The van der Waals surface area contributed by atoms with E-state index in [2.05, 4.69) is 6.92 Å². The molecular formula is C17H25NO3S. The van der Waals surface area contributed by atoms with E-state index in [0.29, 0.717) is 12.0 Å². The maximum Gasteiger partial charge on any atom is 0.252 e. The number of thioether (sulfide) groups is 1. The van der Waals surface area contributed by atoms with Crippen molar-refractivity contribution in [2.24, 2.45) is 0 Å². The Labute approximate surface area is 137 Å². The summed E-state index contributed by atoms with van der Waals surface area (Å²) in [7, 11) is 1.64. The van der Waals surface area contributed by atoms with Gasteiger partial charge in [-0.05, 0) is 31.0 Å². The van der Waals surface area contributed by atoms with E-state index < -0.39 is 6.10 Å². The lowest BCUT2D eigenvalue weighted by atomic mass is 10.2. The van der Waals surface area contributed by atoms with E-state index in [1.165, 1.54) is 0 Å². The van der Waals surface area contributed by atoms with E-state index in [1.54, 1.807) is 7.11 Å². The van der Waals surface area contributed by atoms with E-state index in [1.807, 2.05) is 47.9 Å². The molecule has 0 aromatic heterocycles. The Morgan fingerprint density at radius 3 is 3.05 bits per heavy atom. The Morgan fingerprint density at radius 1 is 1.50 bits per heavy atom. The van der Waals surface area contributed by atoms with Crippen LogP contribution in [-0.4, -0.2) is 41.7 Å². The van der Waals surface area contributed by atoms with Crippen LogP contribution in [-0.2, 0) is 16.1 Å². The van der Waals surface area contributed by atoms with Crippen LogP contribution in [0.15, 0.2) is 24.3 Å². The highest BCUT2D eigenvalue weighted by molar-refractivity contribution is 8.00. The molecule has 0 N–H and O–H groups in total. The second kappa shape index (κ2) is 8.44. The van der Waals surface area contributed by atoms with Crippen LogP contribution in [0.1, 0.15) is 32.3 Å². The first kappa shape index (κ1) is 17.2. The fourth-order valence-electron chi connectivity index (χ4n) is 2.55. The molecule has 0 spiro atoms. The summed E-state index contributed by atoms with van der Waals surface area (Å²) in [5.74, 6) is 1.93. The van der Waals surface area contributed by atoms with E-state index in [-0.39, 0.29) is 5.91 Å². The van der Waals surface area contributed by atoms with Crippen molar-refractivity contribution < 1.29 is 14.3 Å². The smallest absolute Gasteiger partial charge is 0.252 e. The fourth-order valence-corrected chi connectivity index (χ4v) is 3.91. The first-order valence-electron chi connectivity index (χ1n) is 7.82. The molecule has 0 radical (unpaired) electrons. The van der Waals surface area contributed by atoms with E-state index >= 15 is 0 Å². The van der Waals surface area contributed by atoms with E-state index in [4.69, 9.17) is 9.47 Å². The highest BCUT2D eigenvalue weighted by atomic mass is 32.2. The van der Waals surface area contributed by atoms with Gasteiger partial charge < -0.3 is 14.4 Å². The van der Waals surface area contributed by atoms with Crippen LogP contribution in [0.3, 0.4) is 0 Å². The highest BCUT2D eigenvalue weighted by Crippen LogP contribution is 2.28. The number of ether oxygens (including phenoxy) is 2. The number of hydrogen-bond acceptors (Lipinski definition) is 4. The molecule has 1 aromatic rings. The molecule has 1 fully saturated rings. The molecule has 2 atom stereocenters. The largest absolute Gasteiger partial charge is 0.497 e. The van der Waals surface area contributed by atoms with Gasteiger partial charge in [0, 0.05) is 12.3 Å². The molecule has 4 nitrogen and oxygen atoms in total. The third-order valence-corrected chi connectivity index (χ3v) is 5.08. The molecule has 1 aliphatic heterocycles. The molecule has 22 heavy (non-hydrogen) atoms. The number of hydrogen-bond donors (Lipinski definition) is 0. The van der Waals surface area contributed by atoms with Crippen LogP contribution >= 0.6 is 11.8 Å². The molecule has 5 heteroatoms. The molecule has 2 rings (SSSR count). The van der Waals surface area contributed by atoms with Crippen LogP contribution < -0.4 is 4.74 Å². The molecular weight excluding hydrogens is 298 g/mol. The van der Waals surface area contributed by atoms with Crippen molar-refractivity contribution in [2.75, 3.05) is 19.4 Å². The summed E-state index contributed by atoms with van der Waals surface area (Å²) >= 11 is 1.87. The molecule has 1 heterocycles. The average molecular weight is 323 g/mol. The second-order valence-electron chi connectivity index (χ2n) is 5.45. The maximum atomic E-state index is 12.5. The van der Waals surface area contributed by atoms with Crippen molar-refractivity contribution in [1.29, 1.82) is 0 Å². The number of rotatable bonds is 7. The van der Waals surface area contributed by atoms with Crippen LogP contribution in [0.4, 0.5) is 0 Å². The van der Waals surface area contributed by atoms with E-state index in [9.17, 15) is 4.79 Å². The minimum atomic E-state index is -0.413. The van der Waals surface area contributed by atoms with E-state index in [0.717, 1.165) is 36.5 Å². The van der Waals surface area contributed by atoms with Gasteiger partial charge in [0.2, 0.25) is 0 Å². The molecule has 0 aliphatic carbocycles. The first-order valence-corrected chi connectivity index (χ1v) is 8.87. The van der Waals surface area contributed by atoms with Crippen molar-refractivity contribution in [3.05, 3.63) is 29.8 Å². The topological polar surface area (TPSA) is 38.8 Å². The monoisotopic (exact) mass is 323 g/mol. The molecule has 0 bridgehead atoms. The van der Waals surface area contributed by atoms with Crippen LogP contribution in [0, 0.1) is 0 Å². The van der Waals surface area contributed by atoms with Gasteiger partial charge in [-0.2, -0.15) is 0 Å².